The van der Waals surface area contributed by atoms with E-state index in [-0.39, 0.29) is 5.78 Å². The molecule has 0 amide bonds. The second-order valence-electron chi connectivity index (χ2n) is 7.54. The summed E-state index contributed by atoms with van der Waals surface area (Å²) in [6.45, 7) is 7.54. The van der Waals surface area contributed by atoms with Crippen molar-refractivity contribution in [2.75, 3.05) is 12.5 Å². The summed E-state index contributed by atoms with van der Waals surface area (Å²) in [7, 11) is -2.51. The highest BCUT2D eigenvalue weighted by Gasteiger charge is 2.31. The Balaban J connectivity index is 2.79. The molecular formula is C20H26N2O2S. The van der Waals surface area contributed by atoms with Crippen LogP contribution in [0.1, 0.15) is 31.9 Å². The molecule has 25 heavy (non-hydrogen) atoms. The van der Waals surface area contributed by atoms with Gasteiger partial charge < -0.3 is 0 Å². The van der Waals surface area contributed by atoms with Crippen molar-refractivity contribution in [2.24, 2.45) is 5.41 Å². The highest BCUT2D eigenvalue weighted by Crippen LogP contribution is 2.23. The fraction of sp³-hybridized carbons (Fsp3) is 0.350. The number of hydrogen-bond acceptors (Lipinski definition) is 3. The summed E-state index contributed by atoms with van der Waals surface area (Å²) in [6.07, 6.45) is 8.52. The summed E-state index contributed by atoms with van der Waals surface area (Å²) in [5.74, 6) is -0.128. The topological polar surface area (TPSA) is 52.0 Å². The van der Waals surface area contributed by atoms with Crippen molar-refractivity contribution < 1.29 is 9.00 Å². The molecule has 4 nitrogen and oxygen atoms in total. The van der Waals surface area contributed by atoms with E-state index < -0.39 is 14.9 Å². The minimum atomic E-state index is -2.51. The smallest absolute Gasteiger partial charge is 0.178 e. The minimum absolute atomic E-state index is 0.128. The summed E-state index contributed by atoms with van der Waals surface area (Å²) >= 11 is 0. The van der Waals surface area contributed by atoms with Crippen LogP contribution in [0.4, 0.5) is 0 Å². The van der Waals surface area contributed by atoms with Gasteiger partial charge >= 0.3 is 0 Å². The first-order valence-corrected chi connectivity index (χ1v) is 10.5. The predicted octanol–water partition coefficient (Wildman–Crippen LogP) is 3.52. The van der Waals surface area contributed by atoms with Crippen LogP contribution in [0, 0.1) is 12.3 Å². The molecule has 0 aliphatic carbocycles. The Hall–Kier alpha value is -2.14. The Kier molecular flexibility index (Phi) is 5.37. The zero-order valence-corrected chi connectivity index (χ0v) is 16.6. The molecule has 0 aliphatic rings. The quantitative estimate of drug-likeness (QED) is 0.621. The zero-order chi connectivity index (χ0) is 18.8. The molecule has 2 aromatic rings. The van der Waals surface area contributed by atoms with E-state index in [1.165, 1.54) is 0 Å². The number of Topliss-reactive ketones (excluding diaryl/α,β-unsaturated/α-hetero) is 1. The van der Waals surface area contributed by atoms with Crippen molar-refractivity contribution in [1.29, 1.82) is 0 Å². The number of benzene rings is 1. The van der Waals surface area contributed by atoms with Gasteiger partial charge in [0.2, 0.25) is 0 Å². The third kappa shape index (κ3) is 4.69. The number of rotatable bonds is 4. The lowest BCUT2D eigenvalue weighted by molar-refractivity contribution is -0.119. The highest BCUT2D eigenvalue weighted by atomic mass is 32.2. The second kappa shape index (κ2) is 7.00. The van der Waals surface area contributed by atoms with Crippen LogP contribution in [0.2, 0.25) is 0 Å². The lowest BCUT2D eigenvalue weighted by Gasteiger charge is -2.22. The Bertz CT molecular complexity index is 915. The SMILES string of the molecule is Cc1cccc(/C=C(\C(C(=O)C(C)(C)C)=S(C)(C)=O)n2cccn2)c1. The maximum Gasteiger partial charge on any atom is 0.178 e. The van der Waals surface area contributed by atoms with Crippen molar-refractivity contribution in [3.05, 3.63) is 53.9 Å². The first kappa shape index (κ1) is 19.2. The van der Waals surface area contributed by atoms with Crippen LogP contribution in [0.3, 0.4) is 0 Å². The van der Waals surface area contributed by atoms with E-state index in [9.17, 15) is 9.00 Å². The molecule has 0 bridgehead atoms. The normalized spacial score (nSPS) is 13.0. The number of aryl methyl sites for hydroxylation is 1. The molecule has 0 N–H and O–H groups in total. The van der Waals surface area contributed by atoms with Crippen molar-refractivity contribution in [3.63, 3.8) is 0 Å². The molecule has 0 spiro atoms. The largest absolute Gasteiger partial charge is 0.293 e. The van der Waals surface area contributed by atoms with Gasteiger partial charge in [-0.05, 0) is 34.2 Å². The molecule has 0 radical (unpaired) electrons. The zero-order valence-electron chi connectivity index (χ0n) is 15.7. The summed E-state index contributed by atoms with van der Waals surface area (Å²) in [5.41, 5.74) is 1.98. The first-order valence-electron chi connectivity index (χ1n) is 8.15. The summed E-state index contributed by atoms with van der Waals surface area (Å²) < 4.78 is 14.6. The maximum atomic E-state index is 13.1. The predicted molar refractivity (Wildman–Crippen MR) is 107 cm³/mol. The number of hydrogen-bond donors (Lipinski definition) is 0. The number of carbonyl (C=O) groups is 1. The Morgan fingerprint density at radius 3 is 2.36 bits per heavy atom. The van der Waals surface area contributed by atoms with Gasteiger partial charge in [0, 0.05) is 30.3 Å². The Morgan fingerprint density at radius 2 is 1.88 bits per heavy atom. The van der Waals surface area contributed by atoms with Gasteiger partial charge in [-0.25, -0.2) is 4.68 Å². The van der Waals surface area contributed by atoms with Crippen molar-refractivity contribution in [3.8, 4) is 0 Å². The molecular weight excluding hydrogens is 332 g/mol. The summed E-state index contributed by atoms with van der Waals surface area (Å²) in [5, 5.41) is 4.28. The molecule has 2 rings (SSSR count). The molecule has 1 aromatic carbocycles. The average molecular weight is 359 g/mol. The van der Waals surface area contributed by atoms with Crippen LogP contribution in [-0.4, -0.2) is 37.1 Å². The van der Waals surface area contributed by atoms with Crippen LogP contribution in [0.25, 0.3) is 11.8 Å². The Morgan fingerprint density at radius 1 is 1.20 bits per heavy atom. The molecule has 0 saturated heterocycles. The van der Waals surface area contributed by atoms with Crippen molar-refractivity contribution in [1.82, 2.24) is 9.78 Å². The van der Waals surface area contributed by atoms with Gasteiger partial charge in [0.25, 0.3) is 0 Å². The molecule has 5 heteroatoms. The van der Waals surface area contributed by atoms with Crippen LogP contribution in [0.5, 0.6) is 0 Å². The van der Waals surface area contributed by atoms with Crippen LogP contribution < -0.4 is 0 Å². The van der Waals surface area contributed by atoms with Crippen molar-refractivity contribution >= 4 is 31.9 Å². The van der Waals surface area contributed by atoms with E-state index in [0.29, 0.717) is 10.6 Å². The number of nitrogens with zero attached hydrogens (tertiary/aromatic N) is 2. The molecule has 1 heterocycles. The standard InChI is InChI=1S/C20H26N2O2S/c1-15-9-7-10-16(13-15)14-17(22-12-8-11-21-22)18(25(5,6)24)19(23)20(2,3)4/h7-14H,1-6H3/b17-14+. The molecule has 0 atom stereocenters. The highest BCUT2D eigenvalue weighted by molar-refractivity contribution is 8.03. The van der Waals surface area contributed by atoms with Gasteiger partial charge in [0.1, 0.15) is 0 Å². The van der Waals surface area contributed by atoms with Crippen molar-refractivity contribution in [2.45, 2.75) is 27.7 Å². The number of allylic oxidation sites excluding steroid dienone is 1. The third-order valence-electron chi connectivity index (χ3n) is 3.71. The lowest BCUT2D eigenvalue weighted by Crippen LogP contribution is -2.35. The van der Waals surface area contributed by atoms with Gasteiger partial charge in [-0.15, -0.1) is 0 Å². The fourth-order valence-electron chi connectivity index (χ4n) is 2.50. The van der Waals surface area contributed by atoms with E-state index in [2.05, 4.69) is 5.10 Å². The van der Waals surface area contributed by atoms with E-state index >= 15 is 0 Å². The third-order valence-corrected chi connectivity index (χ3v) is 5.09. The van der Waals surface area contributed by atoms with Gasteiger partial charge in [0.15, 0.2) is 5.78 Å². The fourth-order valence-corrected chi connectivity index (χ4v) is 3.91. The lowest BCUT2D eigenvalue weighted by atomic mass is 9.88. The molecule has 1 aromatic heterocycles. The van der Waals surface area contributed by atoms with Gasteiger partial charge in [-0.1, -0.05) is 50.6 Å². The average Bonchev–Trinajstić information content (AvgIpc) is 2.98. The van der Waals surface area contributed by atoms with Crippen LogP contribution in [0.15, 0.2) is 42.7 Å². The molecule has 0 saturated carbocycles. The molecule has 0 aliphatic heterocycles. The molecule has 0 unspecified atom stereocenters. The second-order valence-corrected chi connectivity index (χ2v) is 10.4. The minimum Gasteiger partial charge on any atom is -0.293 e. The van der Waals surface area contributed by atoms with E-state index in [4.69, 9.17) is 0 Å². The number of carbonyl (C=O) groups excluding carboxylic acids is 1. The molecule has 0 fully saturated rings. The van der Waals surface area contributed by atoms with Crippen LogP contribution >= 0.6 is 0 Å². The summed E-state index contributed by atoms with van der Waals surface area (Å²) in [6, 6.07) is 9.75. The van der Waals surface area contributed by atoms with E-state index in [1.807, 2.05) is 58.0 Å². The van der Waals surface area contributed by atoms with E-state index in [0.717, 1.165) is 11.1 Å². The molecule has 134 valence electrons. The number of aromatic nitrogens is 2. The van der Waals surface area contributed by atoms with Gasteiger partial charge in [-0.3, -0.25) is 9.00 Å². The summed E-state index contributed by atoms with van der Waals surface area (Å²) in [4.78, 5) is 13.4. The number of ketones is 1. The van der Waals surface area contributed by atoms with Gasteiger partial charge in [-0.2, -0.15) is 5.10 Å². The monoisotopic (exact) mass is 358 g/mol. The Labute approximate surface area is 150 Å². The maximum absolute atomic E-state index is 13.1. The van der Waals surface area contributed by atoms with E-state index in [1.54, 1.807) is 35.7 Å². The van der Waals surface area contributed by atoms with Gasteiger partial charge in [0.05, 0.1) is 10.6 Å². The first-order chi connectivity index (χ1) is 11.5. The van der Waals surface area contributed by atoms with Crippen LogP contribution in [-0.2, 0) is 14.3 Å².